The van der Waals surface area contributed by atoms with Crippen LogP contribution < -0.4 is 4.74 Å². The molecule has 0 bridgehead atoms. The summed E-state index contributed by atoms with van der Waals surface area (Å²) in [5, 5.41) is 1.44. The Morgan fingerprint density at radius 3 is 3.05 bits per heavy atom. The third kappa shape index (κ3) is 4.11. The fourth-order valence-corrected chi connectivity index (χ4v) is 3.13. The van der Waals surface area contributed by atoms with Crippen molar-refractivity contribution in [3.63, 3.8) is 0 Å². The molecule has 0 N–H and O–H groups in total. The summed E-state index contributed by atoms with van der Waals surface area (Å²) < 4.78 is 5.50. The SMILES string of the molecule is O=C(COc1cccc(Cl)c1)N1CCCCC1CBr. The van der Waals surface area contributed by atoms with E-state index in [4.69, 9.17) is 16.3 Å². The molecule has 5 heteroatoms. The second-order valence-corrected chi connectivity index (χ2v) is 5.72. The van der Waals surface area contributed by atoms with Crippen molar-refractivity contribution in [2.75, 3.05) is 18.5 Å². The maximum absolute atomic E-state index is 12.2. The van der Waals surface area contributed by atoms with Crippen molar-refractivity contribution < 1.29 is 9.53 Å². The summed E-state index contributed by atoms with van der Waals surface area (Å²) in [6.07, 6.45) is 3.33. The topological polar surface area (TPSA) is 29.5 Å². The normalized spacial score (nSPS) is 19.3. The lowest BCUT2D eigenvalue weighted by molar-refractivity contribution is -0.136. The van der Waals surface area contributed by atoms with Crippen molar-refractivity contribution in [1.29, 1.82) is 0 Å². The Hall–Kier alpha value is -0.740. The molecule has 1 saturated heterocycles. The van der Waals surface area contributed by atoms with Crippen LogP contribution >= 0.6 is 27.5 Å². The molecule has 0 aliphatic carbocycles. The first kappa shape index (κ1) is 14.7. The van der Waals surface area contributed by atoms with Crippen molar-refractivity contribution in [2.45, 2.75) is 25.3 Å². The minimum Gasteiger partial charge on any atom is -0.484 e. The Balaban J connectivity index is 1.89. The number of rotatable bonds is 4. The number of likely N-dealkylation sites (tertiary alicyclic amines) is 1. The van der Waals surface area contributed by atoms with E-state index in [0.717, 1.165) is 24.7 Å². The Kier molecular flexibility index (Phi) is 5.52. The molecule has 19 heavy (non-hydrogen) atoms. The van der Waals surface area contributed by atoms with Crippen molar-refractivity contribution in [1.82, 2.24) is 4.90 Å². The lowest BCUT2D eigenvalue weighted by atomic mass is 10.0. The summed E-state index contributed by atoms with van der Waals surface area (Å²) in [5.74, 6) is 0.678. The molecule has 0 aromatic heterocycles. The van der Waals surface area contributed by atoms with Crippen LogP contribution in [0.15, 0.2) is 24.3 Å². The molecule has 1 aliphatic heterocycles. The van der Waals surface area contributed by atoms with Gasteiger partial charge in [-0.2, -0.15) is 0 Å². The standard InChI is InChI=1S/C14H17BrClNO2/c15-9-12-5-1-2-7-17(12)14(18)10-19-13-6-3-4-11(16)8-13/h3-4,6,8,12H,1-2,5,7,9-10H2. The monoisotopic (exact) mass is 345 g/mol. The predicted octanol–water partition coefficient (Wildman–Crippen LogP) is 3.49. The van der Waals surface area contributed by atoms with E-state index < -0.39 is 0 Å². The number of amides is 1. The van der Waals surface area contributed by atoms with Gasteiger partial charge in [0, 0.05) is 22.9 Å². The van der Waals surface area contributed by atoms with Crippen molar-refractivity contribution in [3.8, 4) is 5.75 Å². The second-order valence-electron chi connectivity index (χ2n) is 4.64. The molecule has 1 amide bonds. The average molecular weight is 347 g/mol. The first-order valence-electron chi connectivity index (χ1n) is 6.44. The minimum atomic E-state index is 0.0455. The number of halogens is 2. The van der Waals surface area contributed by atoms with Crippen molar-refractivity contribution in [3.05, 3.63) is 29.3 Å². The van der Waals surface area contributed by atoms with E-state index in [0.29, 0.717) is 16.8 Å². The van der Waals surface area contributed by atoms with Gasteiger partial charge in [0.25, 0.3) is 5.91 Å². The lowest BCUT2D eigenvalue weighted by Gasteiger charge is -2.34. The van der Waals surface area contributed by atoms with E-state index in [1.165, 1.54) is 6.42 Å². The number of ether oxygens (including phenoxy) is 1. The molecule has 0 spiro atoms. The van der Waals surface area contributed by atoms with E-state index in [1.807, 2.05) is 11.0 Å². The van der Waals surface area contributed by atoms with Crippen LogP contribution in [0.3, 0.4) is 0 Å². The zero-order chi connectivity index (χ0) is 13.7. The van der Waals surface area contributed by atoms with Crippen LogP contribution in [0, 0.1) is 0 Å². The molecule has 1 aliphatic rings. The van der Waals surface area contributed by atoms with Crippen molar-refractivity contribution >= 4 is 33.4 Å². The fraction of sp³-hybridized carbons (Fsp3) is 0.500. The first-order chi connectivity index (χ1) is 9.20. The summed E-state index contributed by atoms with van der Waals surface area (Å²) >= 11 is 9.35. The van der Waals surface area contributed by atoms with Crippen LogP contribution in [0.2, 0.25) is 5.02 Å². The van der Waals surface area contributed by atoms with Gasteiger partial charge in [0.1, 0.15) is 5.75 Å². The largest absolute Gasteiger partial charge is 0.484 e. The highest BCUT2D eigenvalue weighted by molar-refractivity contribution is 9.09. The van der Waals surface area contributed by atoms with Crippen LogP contribution in [0.25, 0.3) is 0 Å². The van der Waals surface area contributed by atoms with Gasteiger partial charge in [-0.3, -0.25) is 4.79 Å². The molecular formula is C14H17BrClNO2. The van der Waals surface area contributed by atoms with Gasteiger partial charge >= 0.3 is 0 Å². The number of hydrogen-bond acceptors (Lipinski definition) is 2. The van der Waals surface area contributed by atoms with Crippen LogP contribution in [0.4, 0.5) is 0 Å². The molecule has 1 fully saturated rings. The van der Waals surface area contributed by atoms with Gasteiger partial charge in [0.15, 0.2) is 6.61 Å². The van der Waals surface area contributed by atoms with Gasteiger partial charge in [-0.1, -0.05) is 33.6 Å². The van der Waals surface area contributed by atoms with Crippen LogP contribution in [0.5, 0.6) is 5.75 Å². The zero-order valence-electron chi connectivity index (χ0n) is 10.6. The molecule has 2 rings (SSSR count). The van der Waals surface area contributed by atoms with Crippen LogP contribution in [0.1, 0.15) is 19.3 Å². The van der Waals surface area contributed by atoms with Gasteiger partial charge in [0.2, 0.25) is 0 Å². The number of alkyl halides is 1. The number of hydrogen-bond donors (Lipinski definition) is 0. The van der Waals surface area contributed by atoms with E-state index in [2.05, 4.69) is 15.9 Å². The molecule has 1 aromatic carbocycles. The first-order valence-corrected chi connectivity index (χ1v) is 7.94. The molecule has 1 aromatic rings. The summed E-state index contributed by atoms with van der Waals surface area (Å²) in [4.78, 5) is 14.1. The molecule has 104 valence electrons. The summed E-state index contributed by atoms with van der Waals surface area (Å²) in [6.45, 7) is 0.901. The highest BCUT2D eigenvalue weighted by atomic mass is 79.9. The second kappa shape index (κ2) is 7.15. The van der Waals surface area contributed by atoms with Gasteiger partial charge in [0.05, 0.1) is 0 Å². The minimum absolute atomic E-state index is 0.0455. The number of benzene rings is 1. The fourth-order valence-electron chi connectivity index (χ4n) is 2.27. The highest BCUT2D eigenvalue weighted by Crippen LogP contribution is 2.20. The molecule has 0 saturated carbocycles. The van der Waals surface area contributed by atoms with E-state index in [-0.39, 0.29) is 12.5 Å². The quantitative estimate of drug-likeness (QED) is 0.781. The van der Waals surface area contributed by atoms with Gasteiger partial charge in [-0.15, -0.1) is 0 Å². The molecule has 1 atom stereocenters. The molecule has 3 nitrogen and oxygen atoms in total. The smallest absolute Gasteiger partial charge is 0.260 e. The van der Waals surface area contributed by atoms with Crippen LogP contribution in [-0.4, -0.2) is 35.3 Å². The van der Waals surface area contributed by atoms with Gasteiger partial charge in [-0.05, 0) is 37.5 Å². The number of carbonyl (C=O) groups is 1. The number of piperidine rings is 1. The van der Waals surface area contributed by atoms with E-state index in [9.17, 15) is 4.79 Å². The molecule has 0 radical (unpaired) electrons. The maximum Gasteiger partial charge on any atom is 0.260 e. The lowest BCUT2D eigenvalue weighted by Crippen LogP contribution is -2.46. The Morgan fingerprint density at radius 1 is 1.47 bits per heavy atom. The summed E-state index contributed by atoms with van der Waals surface area (Å²) in [6, 6.07) is 7.40. The van der Waals surface area contributed by atoms with Gasteiger partial charge in [-0.25, -0.2) is 0 Å². The Bertz CT molecular complexity index is 441. The Morgan fingerprint density at radius 2 is 2.32 bits per heavy atom. The van der Waals surface area contributed by atoms with Gasteiger partial charge < -0.3 is 9.64 Å². The molecule has 1 heterocycles. The summed E-state index contributed by atoms with van der Waals surface area (Å²) in [7, 11) is 0. The zero-order valence-corrected chi connectivity index (χ0v) is 13.0. The average Bonchev–Trinajstić information content (AvgIpc) is 2.45. The van der Waals surface area contributed by atoms with Crippen molar-refractivity contribution in [2.24, 2.45) is 0 Å². The Labute approximate surface area is 127 Å². The molecule has 1 unspecified atom stereocenters. The van der Waals surface area contributed by atoms with E-state index in [1.54, 1.807) is 18.2 Å². The number of carbonyl (C=O) groups excluding carboxylic acids is 1. The third-order valence-corrected chi connectivity index (χ3v) is 4.27. The predicted molar refractivity (Wildman–Crippen MR) is 80.1 cm³/mol. The molecular weight excluding hydrogens is 330 g/mol. The van der Waals surface area contributed by atoms with Crippen LogP contribution in [-0.2, 0) is 4.79 Å². The maximum atomic E-state index is 12.2. The summed E-state index contributed by atoms with van der Waals surface area (Å²) in [5.41, 5.74) is 0. The van der Waals surface area contributed by atoms with E-state index >= 15 is 0 Å². The third-order valence-electron chi connectivity index (χ3n) is 3.28. The highest BCUT2D eigenvalue weighted by Gasteiger charge is 2.25. The number of nitrogens with zero attached hydrogens (tertiary/aromatic N) is 1.